The van der Waals surface area contributed by atoms with Crippen LogP contribution in [0.15, 0.2) is 54.6 Å². The van der Waals surface area contributed by atoms with E-state index in [0.717, 1.165) is 35.7 Å². The van der Waals surface area contributed by atoms with E-state index in [0.29, 0.717) is 29.4 Å². The van der Waals surface area contributed by atoms with Gasteiger partial charge in [-0.1, -0.05) is 62.4 Å². The summed E-state index contributed by atoms with van der Waals surface area (Å²) in [5.74, 6) is 1.64. The van der Waals surface area contributed by atoms with Gasteiger partial charge in [0.2, 0.25) is 0 Å². The first kappa shape index (κ1) is 23.8. The van der Waals surface area contributed by atoms with E-state index < -0.39 is 5.60 Å². The van der Waals surface area contributed by atoms with Gasteiger partial charge in [0.25, 0.3) is 0 Å². The fraction of sp³-hybridized carbons (Fsp3) is 0.406. The fourth-order valence-corrected chi connectivity index (χ4v) is 5.95. The Morgan fingerprint density at radius 2 is 1.83 bits per heavy atom. The predicted octanol–water partition coefficient (Wildman–Crippen LogP) is 6.95. The lowest BCUT2D eigenvalue weighted by molar-refractivity contribution is 0.134. The van der Waals surface area contributed by atoms with E-state index in [4.69, 9.17) is 0 Å². The topological polar surface area (TPSA) is 47.3 Å². The zero-order valence-corrected chi connectivity index (χ0v) is 21.5. The number of hydrogen-bond donors (Lipinski definition) is 1. The molecular formula is C32H36N2O. The molecule has 1 heterocycles. The first-order valence-electron chi connectivity index (χ1n) is 12.9. The number of fused-ring (bicyclic) bond motifs is 2. The van der Waals surface area contributed by atoms with E-state index in [9.17, 15) is 10.4 Å². The second kappa shape index (κ2) is 8.94. The van der Waals surface area contributed by atoms with Crippen molar-refractivity contribution >= 4 is 16.8 Å². The van der Waals surface area contributed by atoms with Crippen LogP contribution in [0.3, 0.4) is 0 Å². The molecule has 3 heteroatoms. The highest BCUT2D eigenvalue weighted by Gasteiger charge is 2.40. The van der Waals surface area contributed by atoms with E-state index in [1.165, 1.54) is 22.3 Å². The monoisotopic (exact) mass is 464 g/mol. The van der Waals surface area contributed by atoms with Gasteiger partial charge in [-0.2, -0.15) is 5.26 Å². The lowest BCUT2D eigenvalue weighted by Crippen LogP contribution is -2.35. The molecule has 1 saturated carbocycles. The molecule has 5 rings (SSSR count). The van der Waals surface area contributed by atoms with Crippen molar-refractivity contribution < 1.29 is 5.11 Å². The van der Waals surface area contributed by atoms with Crippen molar-refractivity contribution in [2.45, 2.75) is 64.0 Å². The zero-order chi connectivity index (χ0) is 24.9. The minimum absolute atomic E-state index is 0.490. The minimum Gasteiger partial charge on any atom is -0.386 e. The Hall–Kier alpha value is -2.93. The highest BCUT2D eigenvalue weighted by molar-refractivity contribution is 5.92. The Morgan fingerprint density at radius 3 is 2.54 bits per heavy atom. The van der Waals surface area contributed by atoms with Crippen molar-refractivity contribution in [3.05, 3.63) is 88.0 Å². The maximum atomic E-state index is 10.3. The molecule has 35 heavy (non-hydrogen) atoms. The van der Waals surface area contributed by atoms with Crippen molar-refractivity contribution in [3.63, 3.8) is 0 Å². The first-order valence-corrected chi connectivity index (χ1v) is 12.9. The van der Waals surface area contributed by atoms with E-state index >= 15 is 0 Å². The highest BCUT2D eigenvalue weighted by atomic mass is 16.3. The first-order chi connectivity index (χ1) is 16.6. The molecule has 0 saturated heterocycles. The lowest BCUT2D eigenvalue weighted by Gasteiger charge is -2.37. The predicted molar refractivity (Wildman–Crippen MR) is 144 cm³/mol. The van der Waals surface area contributed by atoms with Crippen molar-refractivity contribution in [3.8, 4) is 6.07 Å². The van der Waals surface area contributed by atoms with Crippen molar-refractivity contribution in [2.75, 3.05) is 13.6 Å². The van der Waals surface area contributed by atoms with Gasteiger partial charge in [0.05, 0.1) is 17.2 Å². The maximum absolute atomic E-state index is 10.3. The lowest BCUT2D eigenvalue weighted by atomic mass is 9.85. The molecule has 3 nitrogen and oxygen atoms in total. The van der Waals surface area contributed by atoms with Crippen LogP contribution < -0.4 is 0 Å². The molecule has 180 valence electrons. The van der Waals surface area contributed by atoms with Crippen molar-refractivity contribution in [1.82, 2.24) is 4.90 Å². The molecule has 0 bridgehead atoms. The molecule has 1 aliphatic carbocycles. The van der Waals surface area contributed by atoms with Gasteiger partial charge in [-0.25, -0.2) is 0 Å². The standard InChI is InChI=1S/C32H36N2O/c1-20(2)31-30-17-24(9-8-22(30)11-13-34(31)5)28-18-29(28)26-15-23-7-6-21(19-33)14-27(23)25(16-26)10-12-32(3,4)35/h6-10,12,14-17,20,28-29,31,35H,11,13,18H2,1-5H3. The third kappa shape index (κ3) is 4.79. The molecule has 3 aromatic carbocycles. The molecule has 0 aromatic heterocycles. The molecule has 2 aliphatic rings. The van der Waals surface area contributed by atoms with Gasteiger partial charge in [0, 0.05) is 12.6 Å². The van der Waals surface area contributed by atoms with E-state index in [1.54, 1.807) is 13.8 Å². The number of nitrogens with zero attached hydrogens (tertiary/aromatic N) is 2. The van der Waals surface area contributed by atoms with Crippen LogP contribution in [0.4, 0.5) is 0 Å². The van der Waals surface area contributed by atoms with Crippen LogP contribution in [-0.4, -0.2) is 29.2 Å². The molecular weight excluding hydrogens is 428 g/mol. The third-order valence-electron chi connectivity index (χ3n) is 7.78. The molecule has 3 aromatic rings. The molecule has 3 unspecified atom stereocenters. The number of rotatable bonds is 5. The van der Waals surface area contributed by atoms with Gasteiger partial charge in [0.1, 0.15) is 0 Å². The molecule has 0 spiro atoms. The van der Waals surface area contributed by atoms with Gasteiger partial charge in [-0.15, -0.1) is 0 Å². The second-order valence-corrected chi connectivity index (χ2v) is 11.5. The van der Waals surface area contributed by atoms with Crippen LogP contribution in [-0.2, 0) is 6.42 Å². The quantitative estimate of drug-likeness (QED) is 0.444. The van der Waals surface area contributed by atoms with E-state index in [2.05, 4.69) is 68.3 Å². The number of aliphatic hydroxyl groups is 1. The summed E-state index contributed by atoms with van der Waals surface area (Å²) in [7, 11) is 2.26. The summed E-state index contributed by atoms with van der Waals surface area (Å²) in [6.07, 6.45) is 6.14. The summed E-state index contributed by atoms with van der Waals surface area (Å²) in [5.41, 5.74) is 6.68. The average molecular weight is 465 g/mol. The third-order valence-corrected chi connectivity index (χ3v) is 7.78. The Balaban J connectivity index is 1.50. The summed E-state index contributed by atoms with van der Waals surface area (Å²) in [5, 5.41) is 21.9. The maximum Gasteiger partial charge on any atom is 0.0991 e. The summed E-state index contributed by atoms with van der Waals surface area (Å²) >= 11 is 0. The van der Waals surface area contributed by atoms with Crippen LogP contribution in [0.25, 0.3) is 16.8 Å². The van der Waals surface area contributed by atoms with Crippen LogP contribution >= 0.6 is 0 Å². The Labute approximate surface area is 209 Å². The van der Waals surface area contributed by atoms with Crippen molar-refractivity contribution in [1.29, 1.82) is 5.26 Å². The Morgan fingerprint density at radius 1 is 1.06 bits per heavy atom. The normalized spacial score (nSPS) is 22.5. The van der Waals surface area contributed by atoms with Crippen LogP contribution in [0, 0.1) is 17.2 Å². The molecule has 0 amide bonds. The summed E-state index contributed by atoms with van der Waals surface area (Å²) in [4.78, 5) is 2.52. The Bertz CT molecular complexity index is 1340. The number of benzene rings is 3. The SMILES string of the molecule is CC(C)C1c2cc(C3CC3c3cc(C=CC(C)(C)O)c4cc(C#N)ccc4c3)ccc2CCN1C. The van der Waals surface area contributed by atoms with Gasteiger partial charge in [0.15, 0.2) is 0 Å². The molecule has 1 N–H and O–H groups in total. The highest BCUT2D eigenvalue weighted by Crippen LogP contribution is 2.56. The smallest absolute Gasteiger partial charge is 0.0991 e. The molecule has 1 fully saturated rings. The Kier molecular flexibility index (Phi) is 6.08. The number of hydrogen-bond acceptors (Lipinski definition) is 3. The minimum atomic E-state index is -0.888. The second-order valence-electron chi connectivity index (χ2n) is 11.5. The van der Waals surface area contributed by atoms with Crippen LogP contribution in [0.2, 0.25) is 0 Å². The van der Waals surface area contributed by atoms with Crippen LogP contribution in [0.1, 0.15) is 85.4 Å². The molecule has 1 aliphatic heterocycles. The number of likely N-dealkylation sites (N-methyl/N-ethyl adjacent to an activating group) is 1. The van der Waals surface area contributed by atoms with Crippen LogP contribution in [0.5, 0.6) is 0 Å². The van der Waals surface area contributed by atoms with Gasteiger partial charge < -0.3 is 5.11 Å². The summed E-state index contributed by atoms with van der Waals surface area (Å²) < 4.78 is 0. The zero-order valence-electron chi connectivity index (χ0n) is 21.5. The van der Waals surface area contributed by atoms with E-state index in [1.807, 2.05) is 24.3 Å². The average Bonchev–Trinajstić information content (AvgIpc) is 3.62. The molecule has 0 radical (unpaired) electrons. The molecule has 3 atom stereocenters. The van der Waals surface area contributed by atoms with Gasteiger partial charge in [-0.3, -0.25) is 4.90 Å². The van der Waals surface area contributed by atoms with Gasteiger partial charge in [-0.05, 0) is 102 Å². The van der Waals surface area contributed by atoms with E-state index in [-0.39, 0.29) is 0 Å². The summed E-state index contributed by atoms with van der Waals surface area (Å²) in [6.45, 7) is 9.36. The largest absolute Gasteiger partial charge is 0.386 e. The fourth-order valence-electron chi connectivity index (χ4n) is 5.95. The summed E-state index contributed by atoms with van der Waals surface area (Å²) in [6, 6.07) is 20.5. The van der Waals surface area contributed by atoms with Gasteiger partial charge >= 0.3 is 0 Å². The number of nitriles is 1. The van der Waals surface area contributed by atoms with Crippen molar-refractivity contribution in [2.24, 2.45) is 5.92 Å².